The van der Waals surface area contributed by atoms with E-state index in [9.17, 15) is 9.59 Å². The van der Waals surface area contributed by atoms with Crippen LogP contribution in [0.2, 0.25) is 0 Å². The van der Waals surface area contributed by atoms with Gasteiger partial charge in [0.2, 0.25) is 5.91 Å². The number of nitrogens with zero attached hydrogens (tertiary/aromatic N) is 5. The van der Waals surface area contributed by atoms with Gasteiger partial charge in [-0.25, -0.2) is 0 Å². The number of aromatic nitrogens is 3. The van der Waals surface area contributed by atoms with E-state index in [0.717, 1.165) is 31.6 Å². The summed E-state index contributed by atoms with van der Waals surface area (Å²) in [5, 5.41) is 10.6. The molecule has 0 spiro atoms. The Hall–Kier alpha value is -2.74. The molecule has 27 heavy (non-hydrogen) atoms. The van der Waals surface area contributed by atoms with Gasteiger partial charge in [-0.05, 0) is 31.0 Å². The first-order valence-corrected chi connectivity index (χ1v) is 9.22. The zero-order valence-corrected chi connectivity index (χ0v) is 16.1. The van der Waals surface area contributed by atoms with Crippen LogP contribution >= 0.6 is 0 Å². The zero-order valence-electron chi connectivity index (χ0n) is 16.1. The van der Waals surface area contributed by atoms with Gasteiger partial charge in [0.15, 0.2) is 5.82 Å². The lowest BCUT2D eigenvalue weighted by atomic mass is 10.1. The highest BCUT2D eigenvalue weighted by Gasteiger charge is 2.26. The largest absolute Gasteiger partial charge is 0.342 e. The third-order valence-corrected chi connectivity index (χ3v) is 4.99. The average molecular weight is 370 g/mol. The number of benzene rings is 1. The van der Waals surface area contributed by atoms with Crippen LogP contribution < -0.4 is 5.32 Å². The van der Waals surface area contributed by atoms with Crippen LogP contribution in [0.25, 0.3) is 0 Å². The number of hydrogen-bond acceptors (Lipinski definition) is 5. The Morgan fingerprint density at radius 1 is 1.37 bits per heavy atom. The van der Waals surface area contributed by atoms with Crippen molar-refractivity contribution in [2.45, 2.75) is 39.4 Å². The van der Waals surface area contributed by atoms with Gasteiger partial charge >= 0.3 is 0 Å². The summed E-state index contributed by atoms with van der Waals surface area (Å²) in [6, 6.07) is 7.87. The summed E-state index contributed by atoms with van der Waals surface area (Å²) in [7, 11) is 1.86. The zero-order chi connectivity index (χ0) is 19.4. The third kappa shape index (κ3) is 4.71. The summed E-state index contributed by atoms with van der Waals surface area (Å²) < 4.78 is 1.66. The minimum absolute atomic E-state index is 0.0977. The van der Waals surface area contributed by atoms with Crippen LogP contribution in [-0.4, -0.2) is 62.8 Å². The molecule has 8 nitrogen and oxygen atoms in total. The summed E-state index contributed by atoms with van der Waals surface area (Å²) in [4.78, 5) is 28.1. The quantitative estimate of drug-likeness (QED) is 0.835. The van der Waals surface area contributed by atoms with Crippen molar-refractivity contribution < 1.29 is 9.59 Å². The molecule has 1 fully saturated rings. The number of likely N-dealkylation sites (tertiary alicyclic amines) is 1. The predicted molar refractivity (Wildman–Crippen MR) is 102 cm³/mol. The molecule has 1 N–H and O–H groups in total. The highest BCUT2D eigenvalue weighted by molar-refractivity contribution is 6.03. The molecular formula is C19H26N6O2. The molecule has 1 aromatic carbocycles. The molecule has 1 aliphatic rings. The maximum Gasteiger partial charge on any atom is 0.256 e. The Kier molecular flexibility index (Phi) is 5.85. The molecule has 0 unspecified atom stereocenters. The van der Waals surface area contributed by atoms with Crippen molar-refractivity contribution in [1.29, 1.82) is 0 Å². The lowest BCUT2D eigenvalue weighted by Gasteiger charge is -2.23. The van der Waals surface area contributed by atoms with E-state index in [1.165, 1.54) is 0 Å². The highest BCUT2D eigenvalue weighted by Crippen LogP contribution is 2.18. The van der Waals surface area contributed by atoms with E-state index in [1.54, 1.807) is 23.9 Å². The van der Waals surface area contributed by atoms with Gasteiger partial charge in [-0.3, -0.25) is 19.2 Å². The molecule has 8 heteroatoms. The minimum atomic E-state index is -0.199. The first kappa shape index (κ1) is 19.0. The van der Waals surface area contributed by atoms with Gasteiger partial charge in [-0.1, -0.05) is 17.3 Å². The second-order valence-electron chi connectivity index (χ2n) is 6.92. The normalized spacial score (nSPS) is 17.1. The van der Waals surface area contributed by atoms with Crippen molar-refractivity contribution in [2.75, 3.05) is 25.5 Å². The van der Waals surface area contributed by atoms with E-state index in [0.29, 0.717) is 17.9 Å². The second-order valence-corrected chi connectivity index (χ2v) is 6.92. The van der Waals surface area contributed by atoms with Gasteiger partial charge in [0, 0.05) is 51.8 Å². The second kappa shape index (κ2) is 8.30. The fraction of sp³-hybridized carbons (Fsp3) is 0.474. The molecule has 3 rings (SSSR count). The maximum absolute atomic E-state index is 12.5. The van der Waals surface area contributed by atoms with E-state index < -0.39 is 0 Å². The molecule has 2 amide bonds. The number of amides is 2. The van der Waals surface area contributed by atoms with Crippen LogP contribution in [0, 0.1) is 0 Å². The number of likely N-dealkylation sites (N-methyl/N-ethyl adjacent to an activating group) is 1. The van der Waals surface area contributed by atoms with E-state index in [1.807, 2.05) is 37.1 Å². The van der Waals surface area contributed by atoms with E-state index in [-0.39, 0.29) is 17.9 Å². The van der Waals surface area contributed by atoms with E-state index >= 15 is 0 Å². The number of carbonyl (C=O) groups excluding carboxylic acids is 2. The Morgan fingerprint density at radius 3 is 2.89 bits per heavy atom. The molecule has 1 aromatic heterocycles. The molecule has 1 saturated heterocycles. The Balaban J connectivity index is 1.60. The third-order valence-electron chi connectivity index (χ3n) is 4.99. The molecule has 0 radical (unpaired) electrons. The first-order valence-electron chi connectivity index (χ1n) is 9.22. The summed E-state index contributed by atoms with van der Waals surface area (Å²) >= 11 is 0. The Morgan fingerprint density at radius 2 is 2.19 bits per heavy atom. The molecule has 0 aliphatic carbocycles. The van der Waals surface area contributed by atoms with Crippen molar-refractivity contribution in [3.8, 4) is 0 Å². The SMILES string of the molecule is CCn1cc(NC(=O)c2cccc(CN3CC[C@@H](N(C)C(C)=O)C3)c2)nn1. The molecule has 1 atom stereocenters. The topological polar surface area (TPSA) is 83.4 Å². The smallest absolute Gasteiger partial charge is 0.256 e. The Bertz CT molecular complexity index is 818. The number of hydrogen-bond donors (Lipinski definition) is 1. The number of nitrogens with one attached hydrogen (secondary N) is 1. The summed E-state index contributed by atoms with van der Waals surface area (Å²) in [6.45, 7) is 6.82. The molecule has 2 heterocycles. The van der Waals surface area contributed by atoms with E-state index in [2.05, 4.69) is 20.5 Å². The van der Waals surface area contributed by atoms with E-state index in [4.69, 9.17) is 0 Å². The van der Waals surface area contributed by atoms with Crippen LogP contribution in [0.4, 0.5) is 5.82 Å². The minimum Gasteiger partial charge on any atom is -0.342 e. The van der Waals surface area contributed by atoms with Crippen molar-refractivity contribution in [3.63, 3.8) is 0 Å². The fourth-order valence-electron chi connectivity index (χ4n) is 3.30. The van der Waals surface area contributed by atoms with Crippen LogP contribution in [0.15, 0.2) is 30.5 Å². The summed E-state index contributed by atoms with van der Waals surface area (Å²) in [6.07, 6.45) is 2.68. The molecule has 144 valence electrons. The van der Waals surface area contributed by atoms with Crippen molar-refractivity contribution in [2.24, 2.45) is 0 Å². The average Bonchev–Trinajstić information content (AvgIpc) is 3.30. The van der Waals surface area contributed by atoms with Crippen molar-refractivity contribution >= 4 is 17.6 Å². The van der Waals surface area contributed by atoms with Gasteiger partial charge in [0.25, 0.3) is 5.91 Å². The predicted octanol–water partition coefficient (Wildman–Crippen LogP) is 1.60. The van der Waals surface area contributed by atoms with Crippen molar-refractivity contribution in [1.82, 2.24) is 24.8 Å². The maximum atomic E-state index is 12.5. The number of aryl methyl sites for hydroxylation is 1. The number of rotatable bonds is 6. The van der Waals surface area contributed by atoms with Gasteiger partial charge in [0.1, 0.15) is 0 Å². The highest BCUT2D eigenvalue weighted by atomic mass is 16.2. The number of anilines is 1. The van der Waals surface area contributed by atoms with Crippen molar-refractivity contribution in [3.05, 3.63) is 41.6 Å². The van der Waals surface area contributed by atoms with Gasteiger partial charge in [-0.2, -0.15) is 0 Å². The summed E-state index contributed by atoms with van der Waals surface area (Å²) in [5.74, 6) is 0.345. The first-order chi connectivity index (χ1) is 13.0. The number of carbonyl (C=O) groups is 2. The lowest BCUT2D eigenvalue weighted by Crippen LogP contribution is -2.37. The summed E-state index contributed by atoms with van der Waals surface area (Å²) in [5.41, 5.74) is 1.67. The fourth-order valence-corrected chi connectivity index (χ4v) is 3.30. The Labute approximate surface area is 159 Å². The van der Waals surface area contributed by atoms with Crippen LogP contribution in [0.3, 0.4) is 0 Å². The van der Waals surface area contributed by atoms with Gasteiger partial charge in [-0.15, -0.1) is 5.10 Å². The van der Waals surface area contributed by atoms with Gasteiger partial charge in [0.05, 0.1) is 6.20 Å². The van der Waals surface area contributed by atoms with Crippen LogP contribution in [0.1, 0.15) is 36.2 Å². The monoisotopic (exact) mass is 370 g/mol. The molecule has 0 saturated carbocycles. The lowest BCUT2D eigenvalue weighted by molar-refractivity contribution is -0.129. The van der Waals surface area contributed by atoms with Gasteiger partial charge < -0.3 is 10.2 Å². The molecule has 1 aliphatic heterocycles. The molecular weight excluding hydrogens is 344 g/mol. The molecule has 2 aromatic rings. The van der Waals surface area contributed by atoms with Crippen LogP contribution in [-0.2, 0) is 17.9 Å². The van der Waals surface area contributed by atoms with Crippen LogP contribution in [0.5, 0.6) is 0 Å². The standard InChI is InChI=1S/C19H26N6O2/c1-4-25-13-18(21-22-25)20-19(27)16-7-5-6-15(10-16)11-24-9-8-17(12-24)23(3)14(2)26/h5-7,10,13,17H,4,8-9,11-12H2,1-3H3,(H,20,27)/t17-/m1/s1. The molecule has 0 bridgehead atoms.